The molecule has 2 aromatic rings. The highest BCUT2D eigenvalue weighted by atomic mass is 35.5. The van der Waals surface area contributed by atoms with Crippen LogP contribution in [-0.2, 0) is 9.53 Å². The van der Waals surface area contributed by atoms with Crippen molar-refractivity contribution in [3.05, 3.63) is 52.5 Å². The van der Waals surface area contributed by atoms with E-state index < -0.39 is 5.92 Å². The minimum absolute atomic E-state index is 0.0681. The number of ether oxygens (including phenoxy) is 3. The molecule has 7 heteroatoms. The number of amides is 1. The number of halogens is 1. The van der Waals surface area contributed by atoms with Gasteiger partial charge in [-0.25, -0.2) is 0 Å². The predicted molar refractivity (Wildman–Crippen MR) is 131 cm³/mol. The molecule has 1 fully saturated rings. The molecule has 1 unspecified atom stereocenters. The van der Waals surface area contributed by atoms with E-state index in [0.29, 0.717) is 58.4 Å². The van der Waals surface area contributed by atoms with E-state index >= 15 is 0 Å². The van der Waals surface area contributed by atoms with Crippen molar-refractivity contribution in [2.24, 2.45) is 5.41 Å². The molecule has 6 nitrogen and oxygen atoms in total. The molecule has 0 spiro atoms. The van der Waals surface area contributed by atoms with Crippen LogP contribution in [0, 0.1) is 5.41 Å². The summed E-state index contributed by atoms with van der Waals surface area (Å²) >= 11 is 6.47. The summed E-state index contributed by atoms with van der Waals surface area (Å²) in [5, 5.41) is 3.53. The summed E-state index contributed by atoms with van der Waals surface area (Å²) in [5.41, 5.74) is 1.66. The second kappa shape index (κ2) is 10.3. The Morgan fingerprint density at radius 2 is 1.82 bits per heavy atom. The fraction of sp³-hybridized carbons (Fsp3) is 0.481. The molecule has 0 radical (unpaired) electrons. The summed E-state index contributed by atoms with van der Waals surface area (Å²) in [7, 11) is 0. The summed E-state index contributed by atoms with van der Waals surface area (Å²) in [4.78, 5) is 25.0. The Labute approximate surface area is 205 Å². The van der Waals surface area contributed by atoms with Crippen LogP contribution in [0.15, 0.2) is 36.4 Å². The van der Waals surface area contributed by atoms with Crippen molar-refractivity contribution in [1.82, 2.24) is 5.32 Å². The molecule has 2 aliphatic rings. The second-order valence-electron chi connectivity index (χ2n) is 9.80. The molecule has 34 heavy (non-hydrogen) atoms. The highest BCUT2D eigenvalue weighted by molar-refractivity contribution is 6.32. The minimum Gasteiger partial charge on any atom is -0.493 e. The van der Waals surface area contributed by atoms with Crippen molar-refractivity contribution in [3.63, 3.8) is 0 Å². The van der Waals surface area contributed by atoms with Gasteiger partial charge in [-0.1, -0.05) is 25.4 Å². The van der Waals surface area contributed by atoms with Gasteiger partial charge in [-0.15, -0.1) is 0 Å². The van der Waals surface area contributed by atoms with Crippen molar-refractivity contribution in [2.75, 3.05) is 13.2 Å². The first-order valence-electron chi connectivity index (χ1n) is 12.0. The Kier molecular flexibility index (Phi) is 7.36. The summed E-state index contributed by atoms with van der Waals surface area (Å²) in [6, 6.07) is 10.6. The third-order valence-electron chi connectivity index (χ3n) is 6.69. The zero-order valence-electron chi connectivity index (χ0n) is 20.0. The summed E-state index contributed by atoms with van der Waals surface area (Å²) < 4.78 is 16.9. The quantitative estimate of drug-likeness (QED) is 0.489. The van der Waals surface area contributed by atoms with Crippen molar-refractivity contribution in [1.29, 1.82) is 0 Å². The highest BCUT2D eigenvalue weighted by Gasteiger charge is 2.30. The molecule has 1 aliphatic carbocycles. The molecule has 0 bridgehead atoms. The van der Waals surface area contributed by atoms with Crippen LogP contribution in [0.2, 0.25) is 5.02 Å². The first-order chi connectivity index (χ1) is 16.3. The molecular formula is C27H32ClNO5. The van der Waals surface area contributed by atoms with E-state index in [1.807, 2.05) is 0 Å². The van der Waals surface area contributed by atoms with Crippen LogP contribution >= 0.6 is 11.6 Å². The maximum absolute atomic E-state index is 12.7. The van der Waals surface area contributed by atoms with E-state index in [2.05, 4.69) is 19.2 Å². The number of fused-ring (bicyclic) bond motifs is 1. The van der Waals surface area contributed by atoms with Crippen LogP contribution in [0.4, 0.5) is 0 Å². The van der Waals surface area contributed by atoms with Crippen LogP contribution < -0.4 is 14.8 Å². The van der Waals surface area contributed by atoms with Gasteiger partial charge in [0, 0.05) is 23.2 Å². The first kappa shape index (κ1) is 24.4. The largest absolute Gasteiger partial charge is 0.493 e. The van der Waals surface area contributed by atoms with Crippen molar-refractivity contribution >= 4 is 23.5 Å². The molecule has 0 saturated heterocycles. The van der Waals surface area contributed by atoms with Gasteiger partial charge in [0.25, 0.3) is 5.91 Å². The zero-order chi connectivity index (χ0) is 24.3. The maximum Gasteiger partial charge on any atom is 0.313 e. The molecule has 1 heterocycles. The van der Waals surface area contributed by atoms with E-state index in [1.165, 1.54) is 0 Å². The van der Waals surface area contributed by atoms with E-state index in [9.17, 15) is 9.59 Å². The van der Waals surface area contributed by atoms with Gasteiger partial charge in [0.1, 0.15) is 17.2 Å². The number of rotatable bonds is 6. The van der Waals surface area contributed by atoms with E-state index in [-0.39, 0.29) is 17.9 Å². The Morgan fingerprint density at radius 3 is 2.50 bits per heavy atom. The normalized spacial score (nSPS) is 19.5. The van der Waals surface area contributed by atoms with E-state index in [4.69, 9.17) is 25.8 Å². The molecule has 1 amide bonds. The van der Waals surface area contributed by atoms with Gasteiger partial charge in [0.05, 0.1) is 24.2 Å². The summed E-state index contributed by atoms with van der Waals surface area (Å²) in [6.07, 6.45) is 4.81. The van der Waals surface area contributed by atoms with Crippen LogP contribution in [0.1, 0.15) is 74.7 Å². The third kappa shape index (κ3) is 5.66. The predicted octanol–water partition coefficient (Wildman–Crippen LogP) is 6.26. The average molecular weight is 486 g/mol. The van der Waals surface area contributed by atoms with Crippen molar-refractivity contribution in [3.8, 4) is 17.2 Å². The molecule has 1 N–H and O–H groups in total. The fourth-order valence-electron chi connectivity index (χ4n) is 4.57. The molecule has 4 rings (SSSR count). The van der Waals surface area contributed by atoms with Gasteiger partial charge in [-0.05, 0) is 74.8 Å². The van der Waals surface area contributed by atoms with E-state index in [0.717, 1.165) is 25.7 Å². The number of carbonyl (C=O) groups excluding carboxylic acids is 2. The molecule has 1 atom stereocenters. The standard InChI is InChI=1S/C27H32ClNO5/c1-4-32-26(31)20-11-14-33-23-16-24(22(28)15-21(20)23)34-19-7-5-17(6-8-19)25(30)29-18-9-12-27(2,3)13-10-18/h5-8,15-16,18,20H,4,9-14H2,1-3H3,(H,29,30). The van der Waals surface area contributed by atoms with Gasteiger partial charge < -0.3 is 19.5 Å². The first-order valence-corrected chi connectivity index (χ1v) is 12.4. The number of esters is 1. The average Bonchev–Trinajstić information content (AvgIpc) is 2.81. The Bertz CT molecular complexity index is 1040. The molecule has 2 aromatic carbocycles. The van der Waals surface area contributed by atoms with Crippen LogP contribution in [-0.4, -0.2) is 31.1 Å². The maximum atomic E-state index is 12.7. The molecular weight excluding hydrogens is 454 g/mol. The third-order valence-corrected chi connectivity index (χ3v) is 6.99. The van der Waals surface area contributed by atoms with Gasteiger partial charge in [0.15, 0.2) is 0 Å². The molecule has 182 valence electrons. The highest BCUT2D eigenvalue weighted by Crippen LogP contribution is 2.42. The van der Waals surface area contributed by atoms with Gasteiger partial charge in [-0.3, -0.25) is 9.59 Å². The number of hydrogen-bond donors (Lipinski definition) is 1. The lowest BCUT2D eigenvalue weighted by molar-refractivity contribution is -0.145. The zero-order valence-corrected chi connectivity index (χ0v) is 20.7. The van der Waals surface area contributed by atoms with Crippen molar-refractivity contribution in [2.45, 2.75) is 64.8 Å². The number of hydrogen-bond acceptors (Lipinski definition) is 5. The lowest BCUT2D eigenvalue weighted by atomic mass is 9.75. The SMILES string of the molecule is CCOC(=O)C1CCOc2cc(Oc3ccc(C(=O)NC4CCC(C)(C)CC4)cc3)c(Cl)cc21. The number of benzene rings is 2. The van der Waals surface area contributed by atoms with Gasteiger partial charge in [0.2, 0.25) is 0 Å². The van der Waals surface area contributed by atoms with Gasteiger partial charge in [-0.2, -0.15) is 0 Å². The molecule has 1 aliphatic heterocycles. The summed E-state index contributed by atoms with van der Waals surface area (Å²) in [5.74, 6) is 0.797. The lowest BCUT2D eigenvalue weighted by Gasteiger charge is -2.34. The van der Waals surface area contributed by atoms with E-state index in [1.54, 1.807) is 43.3 Å². The minimum atomic E-state index is -0.400. The summed E-state index contributed by atoms with van der Waals surface area (Å²) in [6.45, 7) is 7.09. The van der Waals surface area contributed by atoms with Crippen LogP contribution in [0.5, 0.6) is 17.2 Å². The van der Waals surface area contributed by atoms with Crippen molar-refractivity contribution < 1.29 is 23.8 Å². The molecule has 0 aromatic heterocycles. The topological polar surface area (TPSA) is 73.9 Å². The van der Waals surface area contributed by atoms with Gasteiger partial charge >= 0.3 is 5.97 Å². The fourth-order valence-corrected chi connectivity index (χ4v) is 4.78. The molecule has 1 saturated carbocycles. The number of nitrogens with one attached hydrogen (secondary N) is 1. The Morgan fingerprint density at radius 1 is 1.12 bits per heavy atom. The number of carbonyl (C=O) groups is 2. The smallest absolute Gasteiger partial charge is 0.313 e. The Hall–Kier alpha value is -2.73. The second-order valence-corrected chi connectivity index (χ2v) is 10.2. The lowest BCUT2D eigenvalue weighted by Crippen LogP contribution is -2.39. The van der Waals surface area contributed by atoms with Crippen LogP contribution in [0.3, 0.4) is 0 Å². The van der Waals surface area contributed by atoms with Crippen LogP contribution in [0.25, 0.3) is 0 Å². The Balaban J connectivity index is 1.41. The monoisotopic (exact) mass is 485 g/mol.